The molecule has 3 nitrogen and oxygen atoms in total. The van der Waals surface area contributed by atoms with Crippen LogP contribution in [0.25, 0.3) is 0 Å². The average Bonchev–Trinajstić information content (AvgIpc) is 2.17. The minimum absolute atomic E-state index is 0.0339. The molecule has 1 saturated heterocycles. The minimum Gasteiger partial charge on any atom is -0.341 e. The number of likely N-dealkylation sites (N-methyl/N-ethyl adjacent to an activating group) is 1. The van der Waals surface area contributed by atoms with E-state index in [9.17, 15) is 4.79 Å². The fourth-order valence-electron chi connectivity index (χ4n) is 1.63. The van der Waals surface area contributed by atoms with Crippen LogP contribution >= 0.6 is 0 Å². The van der Waals surface area contributed by atoms with E-state index in [0.29, 0.717) is 0 Å². The summed E-state index contributed by atoms with van der Waals surface area (Å²) in [6.45, 7) is 6.04. The van der Waals surface area contributed by atoms with Crippen LogP contribution in [0.5, 0.6) is 0 Å². The van der Waals surface area contributed by atoms with E-state index < -0.39 is 0 Å². The van der Waals surface area contributed by atoms with Gasteiger partial charge in [0.05, 0.1) is 6.04 Å². The third kappa shape index (κ3) is 2.69. The van der Waals surface area contributed by atoms with Gasteiger partial charge in [0.25, 0.3) is 0 Å². The molecule has 0 bridgehead atoms. The highest BCUT2D eigenvalue weighted by molar-refractivity contribution is 5.81. The Morgan fingerprint density at radius 2 is 2.00 bits per heavy atom. The largest absolute Gasteiger partial charge is 0.341 e. The molecular weight excluding hydrogens is 164 g/mol. The summed E-state index contributed by atoms with van der Waals surface area (Å²) in [4.78, 5) is 13.7. The van der Waals surface area contributed by atoms with Gasteiger partial charge in [0, 0.05) is 13.1 Å². The standard InChI is InChI=1S/C10H20N2O/c1-8-4-6-12(7-5-8)10(13)9(2)11-3/h8-9,11H,4-7H2,1-3H3. The summed E-state index contributed by atoms with van der Waals surface area (Å²) in [5, 5.41) is 2.98. The van der Waals surface area contributed by atoms with Gasteiger partial charge in [-0.3, -0.25) is 4.79 Å². The minimum atomic E-state index is -0.0339. The van der Waals surface area contributed by atoms with Gasteiger partial charge in [-0.2, -0.15) is 0 Å². The van der Waals surface area contributed by atoms with E-state index >= 15 is 0 Å². The van der Waals surface area contributed by atoms with E-state index in [4.69, 9.17) is 0 Å². The second kappa shape index (κ2) is 4.61. The maximum absolute atomic E-state index is 11.7. The monoisotopic (exact) mass is 184 g/mol. The van der Waals surface area contributed by atoms with Crippen LogP contribution in [-0.2, 0) is 4.79 Å². The number of likely N-dealkylation sites (tertiary alicyclic amines) is 1. The average molecular weight is 184 g/mol. The summed E-state index contributed by atoms with van der Waals surface area (Å²) in [6, 6.07) is -0.0339. The first-order valence-corrected chi connectivity index (χ1v) is 5.11. The molecule has 0 aromatic rings. The van der Waals surface area contributed by atoms with Gasteiger partial charge in [-0.05, 0) is 32.7 Å². The van der Waals surface area contributed by atoms with Crippen LogP contribution in [-0.4, -0.2) is 37.0 Å². The lowest BCUT2D eigenvalue weighted by Crippen LogP contribution is -2.46. The molecule has 1 rings (SSSR count). The van der Waals surface area contributed by atoms with Gasteiger partial charge in [0.2, 0.25) is 5.91 Å². The van der Waals surface area contributed by atoms with Crippen molar-refractivity contribution in [2.24, 2.45) is 5.92 Å². The molecule has 0 aromatic carbocycles. The van der Waals surface area contributed by atoms with Crippen LogP contribution < -0.4 is 5.32 Å². The number of rotatable bonds is 2. The SMILES string of the molecule is CNC(C)C(=O)N1CCC(C)CC1. The molecule has 0 spiro atoms. The highest BCUT2D eigenvalue weighted by Crippen LogP contribution is 2.16. The Bertz CT molecular complexity index is 174. The Morgan fingerprint density at radius 1 is 1.46 bits per heavy atom. The fourth-order valence-corrected chi connectivity index (χ4v) is 1.63. The summed E-state index contributed by atoms with van der Waals surface area (Å²) in [5.41, 5.74) is 0. The molecule has 1 unspecified atom stereocenters. The molecule has 0 radical (unpaired) electrons. The van der Waals surface area contributed by atoms with Crippen molar-refractivity contribution in [1.82, 2.24) is 10.2 Å². The van der Waals surface area contributed by atoms with E-state index in [1.54, 1.807) is 0 Å². The van der Waals surface area contributed by atoms with Crippen molar-refractivity contribution in [3.63, 3.8) is 0 Å². The zero-order chi connectivity index (χ0) is 9.84. The van der Waals surface area contributed by atoms with Gasteiger partial charge in [-0.25, -0.2) is 0 Å². The summed E-state index contributed by atoms with van der Waals surface area (Å²) in [6.07, 6.45) is 2.31. The van der Waals surface area contributed by atoms with Crippen LogP contribution in [0.4, 0.5) is 0 Å². The molecule has 0 saturated carbocycles. The number of piperidine rings is 1. The molecule has 3 heteroatoms. The Hall–Kier alpha value is -0.570. The first-order valence-electron chi connectivity index (χ1n) is 5.11. The summed E-state index contributed by atoms with van der Waals surface area (Å²) in [5.74, 6) is 1.03. The number of amides is 1. The zero-order valence-electron chi connectivity index (χ0n) is 8.84. The molecule has 1 aliphatic heterocycles. The molecule has 13 heavy (non-hydrogen) atoms. The number of hydrogen-bond donors (Lipinski definition) is 1. The Morgan fingerprint density at radius 3 is 2.46 bits per heavy atom. The maximum atomic E-state index is 11.7. The normalized spacial score (nSPS) is 21.6. The van der Waals surface area contributed by atoms with E-state index in [1.165, 1.54) is 0 Å². The zero-order valence-corrected chi connectivity index (χ0v) is 8.84. The highest BCUT2D eigenvalue weighted by atomic mass is 16.2. The predicted molar refractivity (Wildman–Crippen MR) is 53.5 cm³/mol. The first kappa shape index (κ1) is 10.5. The molecule has 1 N–H and O–H groups in total. The molecule has 1 atom stereocenters. The second-order valence-corrected chi connectivity index (χ2v) is 4.02. The van der Waals surface area contributed by atoms with Gasteiger partial charge in [0.1, 0.15) is 0 Å². The van der Waals surface area contributed by atoms with E-state index in [1.807, 2.05) is 18.9 Å². The van der Waals surface area contributed by atoms with Crippen molar-refractivity contribution in [2.45, 2.75) is 32.7 Å². The molecular formula is C10H20N2O. The van der Waals surface area contributed by atoms with Crippen LogP contribution in [0.15, 0.2) is 0 Å². The predicted octanol–water partition coefficient (Wildman–Crippen LogP) is 0.853. The molecule has 76 valence electrons. The van der Waals surface area contributed by atoms with Crippen molar-refractivity contribution in [3.8, 4) is 0 Å². The fraction of sp³-hybridized carbons (Fsp3) is 0.900. The second-order valence-electron chi connectivity index (χ2n) is 4.02. The Kier molecular flexibility index (Phi) is 3.72. The van der Waals surface area contributed by atoms with Gasteiger partial charge >= 0.3 is 0 Å². The maximum Gasteiger partial charge on any atom is 0.239 e. The molecule has 0 aliphatic carbocycles. The Balaban J connectivity index is 2.40. The quantitative estimate of drug-likeness (QED) is 0.690. The number of nitrogens with one attached hydrogen (secondary N) is 1. The molecule has 0 aromatic heterocycles. The van der Waals surface area contributed by atoms with Gasteiger partial charge in [-0.15, -0.1) is 0 Å². The number of hydrogen-bond acceptors (Lipinski definition) is 2. The first-order chi connectivity index (χ1) is 6.15. The third-order valence-electron chi connectivity index (χ3n) is 2.90. The van der Waals surface area contributed by atoms with Crippen LogP contribution in [0.3, 0.4) is 0 Å². The number of carbonyl (C=O) groups excluding carboxylic acids is 1. The highest BCUT2D eigenvalue weighted by Gasteiger charge is 2.22. The summed E-state index contributed by atoms with van der Waals surface area (Å²) in [7, 11) is 1.83. The van der Waals surface area contributed by atoms with Gasteiger partial charge in [0.15, 0.2) is 0 Å². The van der Waals surface area contributed by atoms with Gasteiger partial charge in [-0.1, -0.05) is 6.92 Å². The lowest BCUT2D eigenvalue weighted by molar-refractivity contribution is -0.134. The van der Waals surface area contributed by atoms with Crippen molar-refractivity contribution < 1.29 is 4.79 Å². The number of nitrogens with zero attached hydrogens (tertiary/aromatic N) is 1. The Labute approximate surface area is 80.5 Å². The van der Waals surface area contributed by atoms with E-state index in [-0.39, 0.29) is 11.9 Å². The molecule has 1 aliphatic rings. The van der Waals surface area contributed by atoms with Crippen molar-refractivity contribution >= 4 is 5.91 Å². The number of carbonyl (C=O) groups is 1. The van der Waals surface area contributed by atoms with Crippen LogP contribution in [0.2, 0.25) is 0 Å². The summed E-state index contributed by atoms with van der Waals surface area (Å²) >= 11 is 0. The van der Waals surface area contributed by atoms with Crippen molar-refractivity contribution in [3.05, 3.63) is 0 Å². The van der Waals surface area contributed by atoms with Crippen molar-refractivity contribution in [1.29, 1.82) is 0 Å². The lowest BCUT2D eigenvalue weighted by Gasteiger charge is -2.32. The molecule has 1 heterocycles. The lowest BCUT2D eigenvalue weighted by atomic mass is 9.99. The van der Waals surface area contributed by atoms with E-state index in [0.717, 1.165) is 31.8 Å². The van der Waals surface area contributed by atoms with Crippen LogP contribution in [0.1, 0.15) is 26.7 Å². The smallest absolute Gasteiger partial charge is 0.239 e. The molecule has 1 fully saturated rings. The van der Waals surface area contributed by atoms with Crippen molar-refractivity contribution in [2.75, 3.05) is 20.1 Å². The van der Waals surface area contributed by atoms with Crippen LogP contribution in [0, 0.1) is 5.92 Å². The third-order valence-corrected chi connectivity index (χ3v) is 2.90. The molecule has 1 amide bonds. The van der Waals surface area contributed by atoms with Gasteiger partial charge < -0.3 is 10.2 Å². The summed E-state index contributed by atoms with van der Waals surface area (Å²) < 4.78 is 0. The van der Waals surface area contributed by atoms with E-state index in [2.05, 4.69) is 12.2 Å². The topological polar surface area (TPSA) is 32.3 Å².